The van der Waals surface area contributed by atoms with E-state index in [0.29, 0.717) is 19.4 Å². The Morgan fingerprint density at radius 1 is 1.25 bits per heavy atom. The third-order valence-corrected chi connectivity index (χ3v) is 1.93. The maximum absolute atomic E-state index is 9.40. The van der Waals surface area contributed by atoms with Crippen molar-refractivity contribution in [3.05, 3.63) is 0 Å². The highest BCUT2D eigenvalue weighted by Crippen LogP contribution is 2.10. The van der Waals surface area contributed by atoms with Gasteiger partial charge in [0.2, 0.25) is 0 Å². The highest BCUT2D eigenvalue weighted by Gasteiger charge is 2.31. The van der Waals surface area contributed by atoms with Gasteiger partial charge in [0, 0.05) is 0 Å². The van der Waals surface area contributed by atoms with Gasteiger partial charge in [-0.25, -0.2) is 0 Å². The van der Waals surface area contributed by atoms with Crippen LogP contribution < -0.4 is 11.5 Å². The minimum Gasteiger partial charge on any atom is -0.394 e. The first-order chi connectivity index (χ1) is 5.60. The monoisotopic (exact) mass is 178 g/mol. The lowest BCUT2D eigenvalue weighted by atomic mass is 9.92. The number of rotatable bonds is 6. The van der Waals surface area contributed by atoms with Gasteiger partial charge in [-0.3, -0.25) is 0 Å². The van der Waals surface area contributed by atoms with Crippen molar-refractivity contribution in [2.24, 2.45) is 11.5 Å². The van der Waals surface area contributed by atoms with E-state index in [1.54, 1.807) is 0 Å². The van der Waals surface area contributed by atoms with Crippen LogP contribution in [0.25, 0.3) is 0 Å². The first-order valence-electron chi connectivity index (χ1n) is 3.99. The summed E-state index contributed by atoms with van der Waals surface area (Å²) in [4.78, 5) is 0. The molecule has 1 unspecified atom stereocenters. The molecule has 0 rings (SSSR count). The second-order valence-corrected chi connectivity index (χ2v) is 3.00. The fraction of sp³-hybridized carbons (Fsp3) is 1.00. The number of hydrogen-bond acceptors (Lipinski definition) is 5. The molecule has 0 saturated carbocycles. The van der Waals surface area contributed by atoms with Crippen LogP contribution in [-0.4, -0.2) is 46.7 Å². The topological polar surface area (TPSA) is 113 Å². The van der Waals surface area contributed by atoms with Gasteiger partial charge in [-0.1, -0.05) is 0 Å². The van der Waals surface area contributed by atoms with Crippen molar-refractivity contribution in [3.63, 3.8) is 0 Å². The summed E-state index contributed by atoms with van der Waals surface area (Å²) in [5.41, 5.74) is 9.42. The van der Waals surface area contributed by atoms with Gasteiger partial charge >= 0.3 is 0 Å². The van der Waals surface area contributed by atoms with Crippen LogP contribution in [0.2, 0.25) is 0 Å². The fourth-order valence-electron chi connectivity index (χ4n) is 0.859. The quantitative estimate of drug-likeness (QED) is 0.316. The van der Waals surface area contributed by atoms with Crippen LogP contribution in [0.3, 0.4) is 0 Å². The van der Waals surface area contributed by atoms with Crippen molar-refractivity contribution in [1.29, 1.82) is 0 Å². The molecule has 0 aliphatic carbocycles. The lowest BCUT2D eigenvalue weighted by Crippen LogP contribution is -2.57. The smallest absolute Gasteiger partial charge is 0.0885 e. The van der Waals surface area contributed by atoms with E-state index in [2.05, 4.69) is 0 Å². The lowest BCUT2D eigenvalue weighted by Gasteiger charge is -2.30. The summed E-state index contributed by atoms with van der Waals surface area (Å²) in [7, 11) is 0. The van der Waals surface area contributed by atoms with Crippen molar-refractivity contribution >= 4 is 0 Å². The SMILES string of the molecule is NCCCC(O)C(N)(CO)CO. The zero-order valence-electron chi connectivity index (χ0n) is 7.11. The molecule has 7 N–H and O–H groups in total. The van der Waals surface area contributed by atoms with Gasteiger partial charge in [0.25, 0.3) is 0 Å². The third kappa shape index (κ3) is 3.04. The largest absolute Gasteiger partial charge is 0.394 e. The Bertz CT molecular complexity index is 117. The van der Waals surface area contributed by atoms with Gasteiger partial charge in [-0.15, -0.1) is 0 Å². The number of aliphatic hydroxyl groups excluding tert-OH is 3. The predicted octanol–water partition coefficient (Wildman–Crippen LogP) is -2.23. The predicted molar refractivity (Wildman–Crippen MR) is 45.4 cm³/mol. The first-order valence-corrected chi connectivity index (χ1v) is 3.99. The molecule has 0 radical (unpaired) electrons. The number of aliphatic hydroxyl groups is 3. The summed E-state index contributed by atoms with van der Waals surface area (Å²) in [6.07, 6.45) is 0.116. The molecular weight excluding hydrogens is 160 g/mol. The molecular formula is C7H18N2O3. The van der Waals surface area contributed by atoms with Crippen molar-refractivity contribution < 1.29 is 15.3 Å². The van der Waals surface area contributed by atoms with Crippen molar-refractivity contribution in [2.75, 3.05) is 19.8 Å². The Labute approximate surface area is 72.0 Å². The zero-order chi connectivity index (χ0) is 9.61. The van der Waals surface area contributed by atoms with Gasteiger partial charge in [0.05, 0.1) is 24.9 Å². The second-order valence-electron chi connectivity index (χ2n) is 3.00. The maximum atomic E-state index is 9.40. The second kappa shape index (κ2) is 5.45. The molecule has 0 heterocycles. The van der Waals surface area contributed by atoms with Crippen molar-refractivity contribution in [1.82, 2.24) is 0 Å². The number of nitrogens with two attached hydrogens (primary N) is 2. The molecule has 0 aliphatic rings. The van der Waals surface area contributed by atoms with E-state index < -0.39 is 24.9 Å². The van der Waals surface area contributed by atoms with Crippen LogP contribution in [0.4, 0.5) is 0 Å². The Hall–Kier alpha value is -0.200. The standard InChI is InChI=1S/C7H18N2O3/c8-3-1-2-6(12)7(9,4-10)5-11/h6,10-12H,1-5,8-9H2. The molecule has 74 valence electrons. The van der Waals surface area contributed by atoms with E-state index in [9.17, 15) is 5.11 Å². The Kier molecular flexibility index (Phi) is 5.36. The van der Waals surface area contributed by atoms with E-state index in [1.165, 1.54) is 0 Å². The summed E-state index contributed by atoms with van der Waals surface area (Å²) in [5, 5.41) is 27.0. The highest BCUT2D eigenvalue weighted by molar-refractivity contribution is 4.90. The van der Waals surface area contributed by atoms with Crippen molar-refractivity contribution in [2.45, 2.75) is 24.5 Å². The molecule has 12 heavy (non-hydrogen) atoms. The molecule has 0 fully saturated rings. The van der Waals surface area contributed by atoms with E-state index >= 15 is 0 Å². The summed E-state index contributed by atoms with van der Waals surface area (Å²) >= 11 is 0. The normalized spacial score (nSPS) is 14.8. The molecule has 0 spiro atoms. The lowest BCUT2D eigenvalue weighted by molar-refractivity contribution is 0.00301. The van der Waals surface area contributed by atoms with E-state index in [-0.39, 0.29) is 0 Å². The molecule has 0 aliphatic heterocycles. The Morgan fingerprint density at radius 3 is 2.08 bits per heavy atom. The van der Waals surface area contributed by atoms with Crippen molar-refractivity contribution in [3.8, 4) is 0 Å². The maximum Gasteiger partial charge on any atom is 0.0885 e. The molecule has 0 aromatic heterocycles. The van der Waals surface area contributed by atoms with Crippen LogP contribution >= 0.6 is 0 Å². The minimum atomic E-state index is -1.30. The van der Waals surface area contributed by atoms with Crippen LogP contribution in [0, 0.1) is 0 Å². The molecule has 0 aromatic rings. The third-order valence-electron chi connectivity index (χ3n) is 1.93. The Balaban J connectivity index is 3.93. The highest BCUT2D eigenvalue weighted by atomic mass is 16.3. The van der Waals surface area contributed by atoms with Gasteiger partial charge in [-0.05, 0) is 19.4 Å². The zero-order valence-corrected chi connectivity index (χ0v) is 7.11. The van der Waals surface area contributed by atoms with Crippen LogP contribution in [-0.2, 0) is 0 Å². The molecule has 0 amide bonds. The molecule has 0 saturated heterocycles. The Morgan fingerprint density at radius 2 is 1.75 bits per heavy atom. The molecule has 5 nitrogen and oxygen atoms in total. The molecule has 0 bridgehead atoms. The summed E-state index contributed by atoms with van der Waals surface area (Å²) < 4.78 is 0. The van der Waals surface area contributed by atoms with Gasteiger partial charge < -0.3 is 26.8 Å². The molecule has 1 atom stereocenters. The first kappa shape index (κ1) is 11.8. The van der Waals surface area contributed by atoms with Crippen LogP contribution in [0.5, 0.6) is 0 Å². The average molecular weight is 178 g/mol. The summed E-state index contributed by atoms with van der Waals surface area (Å²) in [6.45, 7) is -0.408. The number of hydrogen-bond donors (Lipinski definition) is 5. The van der Waals surface area contributed by atoms with E-state index in [0.717, 1.165) is 0 Å². The fourth-order valence-corrected chi connectivity index (χ4v) is 0.859. The summed E-state index contributed by atoms with van der Waals surface area (Å²) in [6, 6.07) is 0. The molecule has 0 aromatic carbocycles. The van der Waals surface area contributed by atoms with Gasteiger partial charge in [0.1, 0.15) is 0 Å². The summed E-state index contributed by atoms with van der Waals surface area (Å²) in [5.74, 6) is 0. The van der Waals surface area contributed by atoms with E-state index in [1.807, 2.05) is 0 Å². The van der Waals surface area contributed by atoms with Crippen LogP contribution in [0.15, 0.2) is 0 Å². The van der Waals surface area contributed by atoms with E-state index in [4.69, 9.17) is 21.7 Å². The van der Waals surface area contributed by atoms with Gasteiger partial charge in [-0.2, -0.15) is 0 Å². The molecule has 5 heteroatoms. The van der Waals surface area contributed by atoms with Gasteiger partial charge in [0.15, 0.2) is 0 Å². The average Bonchev–Trinajstić information content (AvgIpc) is 2.12. The minimum absolute atomic E-state index is 0.397. The van der Waals surface area contributed by atoms with Crippen LogP contribution in [0.1, 0.15) is 12.8 Å².